The van der Waals surface area contributed by atoms with E-state index in [9.17, 15) is 24.1 Å². The standard InChI is InChI=1S/C24H43O10P/c1-18(2)15-13-11-9-7-5-3-4-6-8-10-12-14-16-20(26)32-17-19(25)22-21(27)23(24(28)33-22)34-35(29,30)31/h18-19,22-23,25H,3-17H2,1-2H3,(H2,29,30,31)/t19-,22+,23?/m0/s1. The summed E-state index contributed by atoms with van der Waals surface area (Å²) in [6.45, 7) is 3.96. The lowest BCUT2D eigenvalue weighted by atomic mass is 10.0. The van der Waals surface area contributed by atoms with Crippen molar-refractivity contribution in [3.05, 3.63) is 0 Å². The fourth-order valence-corrected chi connectivity index (χ4v) is 4.40. The van der Waals surface area contributed by atoms with E-state index in [0.717, 1.165) is 25.2 Å². The molecule has 1 saturated heterocycles. The number of aliphatic hydroxyl groups excluding tert-OH is 1. The van der Waals surface area contributed by atoms with Crippen LogP contribution < -0.4 is 0 Å². The van der Waals surface area contributed by atoms with Crippen LogP contribution in [-0.4, -0.2) is 57.5 Å². The van der Waals surface area contributed by atoms with E-state index in [-0.39, 0.29) is 6.42 Å². The van der Waals surface area contributed by atoms with Gasteiger partial charge in [0.1, 0.15) is 12.7 Å². The van der Waals surface area contributed by atoms with Gasteiger partial charge in [0.25, 0.3) is 0 Å². The van der Waals surface area contributed by atoms with E-state index in [1.807, 2.05) is 0 Å². The average Bonchev–Trinajstić information content (AvgIpc) is 3.04. The summed E-state index contributed by atoms with van der Waals surface area (Å²) in [4.78, 5) is 52.9. The molecule has 3 atom stereocenters. The van der Waals surface area contributed by atoms with Gasteiger partial charge in [-0.25, -0.2) is 9.36 Å². The SMILES string of the molecule is CC(C)CCCCCCCCCCCCCCC(=O)OC[C@H](O)[C@H]1OC(=O)C(OP(=O)(O)O)C1=O. The van der Waals surface area contributed by atoms with E-state index in [1.54, 1.807) is 0 Å². The van der Waals surface area contributed by atoms with Crippen LogP contribution in [0.5, 0.6) is 0 Å². The van der Waals surface area contributed by atoms with Gasteiger partial charge in [-0.2, -0.15) is 0 Å². The summed E-state index contributed by atoms with van der Waals surface area (Å²) in [6.07, 6.45) is 10.1. The number of phosphoric acid groups is 1. The van der Waals surface area contributed by atoms with Crippen LogP contribution in [0.25, 0.3) is 0 Å². The molecule has 0 radical (unpaired) electrons. The highest BCUT2D eigenvalue weighted by Gasteiger charge is 2.50. The lowest BCUT2D eigenvalue weighted by molar-refractivity contribution is -0.156. The molecule has 0 aliphatic carbocycles. The van der Waals surface area contributed by atoms with E-state index < -0.39 is 50.5 Å². The van der Waals surface area contributed by atoms with Crippen LogP contribution in [0.4, 0.5) is 0 Å². The monoisotopic (exact) mass is 522 g/mol. The number of ketones is 1. The van der Waals surface area contributed by atoms with E-state index in [0.29, 0.717) is 6.42 Å². The molecule has 1 unspecified atom stereocenters. The first-order valence-electron chi connectivity index (χ1n) is 12.8. The zero-order valence-electron chi connectivity index (χ0n) is 21.1. The molecule has 0 saturated carbocycles. The number of hydrogen-bond donors (Lipinski definition) is 3. The van der Waals surface area contributed by atoms with Gasteiger partial charge < -0.3 is 24.4 Å². The first kappa shape index (κ1) is 31.7. The molecule has 1 aliphatic rings. The number of cyclic esters (lactones) is 1. The maximum Gasteiger partial charge on any atom is 0.470 e. The number of hydrogen-bond acceptors (Lipinski definition) is 8. The lowest BCUT2D eigenvalue weighted by Gasteiger charge is -2.15. The van der Waals surface area contributed by atoms with Gasteiger partial charge in [0.05, 0.1) is 0 Å². The summed E-state index contributed by atoms with van der Waals surface area (Å²) in [5, 5.41) is 9.98. The Bertz CT molecular complexity index is 690. The molecule has 0 amide bonds. The summed E-state index contributed by atoms with van der Waals surface area (Å²) in [7, 11) is -5.10. The Labute approximate surface area is 208 Å². The van der Waals surface area contributed by atoms with Crippen LogP contribution in [0.2, 0.25) is 0 Å². The molecule has 0 aromatic rings. The molecular weight excluding hydrogens is 479 g/mol. The van der Waals surface area contributed by atoms with Gasteiger partial charge >= 0.3 is 19.8 Å². The Morgan fingerprint density at radius 1 is 0.914 bits per heavy atom. The Morgan fingerprint density at radius 2 is 1.40 bits per heavy atom. The van der Waals surface area contributed by atoms with Gasteiger partial charge in [-0.3, -0.25) is 14.1 Å². The number of aliphatic hydroxyl groups is 1. The van der Waals surface area contributed by atoms with Crippen molar-refractivity contribution in [2.75, 3.05) is 6.61 Å². The van der Waals surface area contributed by atoms with Crippen LogP contribution in [0, 0.1) is 5.92 Å². The molecule has 11 heteroatoms. The number of rotatable bonds is 20. The fraction of sp³-hybridized carbons (Fsp3) is 0.875. The minimum atomic E-state index is -5.10. The summed E-state index contributed by atoms with van der Waals surface area (Å²) in [5.41, 5.74) is 0. The maximum atomic E-state index is 12.0. The lowest BCUT2D eigenvalue weighted by Crippen LogP contribution is -2.38. The predicted octanol–water partition coefficient (Wildman–Crippen LogP) is 3.98. The molecule has 0 aromatic heterocycles. The van der Waals surface area contributed by atoms with Crippen LogP contribution in [0.1, 0.15) is 104 Å². The Balaban J connectivity index is 2.01. The van der Waals surface area contributed by atoms with E-state index in [2.05, 4.69) is 23.1 Å². The summed E-state index contributed by atoms with van der Waals surface area (Å²) in [5.74, 6) is -2.19. The number of esters is 2. The molecule has 35 heavy (non-hydrogen) atoms. The van der Waals surface area contributed by atoms with Gasteiger partial charge in [-0.15, -0.1) is 0 Å². The highest BCUT2D eigenvalue weighted by Crippen LogP contribution is 2.39. The highest BCUT2D eigenvalue weighted by molar-refractivity contribution is 7.46. The van der Waals surface area contributed by atoms with E-state index >= 15 is 0 Å². The summed E-state index contributed by atoms with van der Waals surface area (Å²) < 4.78 is 24.5. The molecule has 0 spiro atoms. The van der Waals surface area contributed by atoms with E-state index in [4.69, 9.17) is 14.5 Å². The van der Waals surface area contributed by atoms with E-state index in [1.165, 1.54) is 57.8 Å². The van der Waals surface area contributed by atoms with Crippen molar-refractivity contribution in [1.29, 1.82) is 0 Å². The normalized spacial score (nSPS) is 19.3. The maximum absolute atomic E-state index is 12.0. The second-order valence-electron chi connectivity index (χ2n) is 9.66. The first-order chi connectivity index (χ1) is 16.5. The van der Waals surface area contributed by atoms with Crippen molar-refractivity contribution in [3.63, 3.8) is 0 Å². The zero-order chi connectivity index (χ0) is 26.3. The average molecular weight is 523 g/mol. The molecule has 3 N–H and O–H groups in total. The number of ether oxygens (including phenoxy) is 2. The minimum Gasteiger partial charge on any atom is -0.463 e. The van der Waals surface area contributed by atoms with Gasteiger partial charge in [-0.05, 0) is 12.3 Å². The molecule has 1 aliphatic heterocycles. The quantitative estimate of drug-likeness (QED) is 0.0924. The Hall–Kier alpha value is -1.32. The minimum absolute atomic E-state index is 0.172. The number of phosphoric ester groups is 1. The van der Waals surface area contributed by atoms with Gasteiger partial charge in [-0.1, -0.05) is 90.9 Å². The summed E-state index contributed by atoms with van der Waals surface area (Å²) >= 11 is 0. The predicted molar refractivity (Wildman–Crippen MR) is 128 cm³/mol. The fourth-order valence-electron chi connectivity index (χ4n) is 3.94. The molecule has 10 nitrogen and oxygen atoms in total. The topological polar surface area (TPSA) is 157 Å². The largest absolute Gasteiger partial charge is 0.470 e. The molecular formula is C24H43O10P. The highest BCUT2D eigenvalue weighted by atomic mass is 31.2. The Kier molecular flexibility index (Phi) is 15.6. The van der Waals surface area contributed by atoms with Crippen LogP contribution in [0.3, 0.4) is 0 Å². The van der Waals surface area contributed by atoms with Gasteiger partial charge in [0.2, 0.25) is 11.9 Å². The van der Waals surface area contributed by atoms with Crippen molar-refractivity contribution < 1.29 is 47.8 Å². The second-order valence-corrected chi connectivity index (χ2v) is 10.9. The summed E-state index contributed by atoms with van der Waals surface area (Å²) in [6, 6.07) is 0. The van der Waals surface area contributed by atoms with Crippen LogP contribution in [-0.2, 0) is 32.9 Å². The third-order valence-electron chi connectivity index (χ3n) is 5.92. The molecule has 1 fully saturated rings. The third kappa shape index (κ3) is 14.7. The van der Waals surface area contributed by atoms with Gasteiger partial charge in [0.15, 0.2) is 6.10 Å². The number of carbonyl (C=O) groups excluding carboxylic acids is 3. The van der Waals surface area contributed by atoms with Crippen molar-refractivity contribution in [2.24, 2.45) is 5.92 Å². The molecule has 1 heterocycles. The van der Waals surface area contributed by atoms with Crippen LogP contribution in [0.15, 0.2) is 0 Å². The number of Topliss-reactive ketones (excluding diaryl/α,β-unsaturated/α-hetero) is 1. The smallest absolute Gasteiger partial charge is 0.463 e. The molecule has 204 valence electrons. The van der Waals surface area contributed by atoms with Crippen molar-refractivity contribution in [1.82, 2.24) is 0 Å². The van der Waals surface area contributed by atoms with Crippen molar-refractivity contribution in [3.8, 4) is 0 Å². The number of carbonyl (C=O) groups is 3. The number of unbranched alkanes of at least 4 members (excludes halogenated alkanes) is 11. The Morgan fingerprint density at radius 3 is 1.89 bits per heavy atom. The van der Waals surface area contributed by atoms with Crippen molar-refractivity contribution in [2.45, 2.75) is 122 Å². The van der Waals surface area contributed by atoms with Crippen molar-refractivity contribution >= 4 is 25.5 Å². The van der Waals surface area contributed by atoms with Gasteiger partial charge in [0, 0.05) is 6.42 Å². The zero-order valence-corrected chi connectivity index (χ0v) is 22.0. The van der Waals surface area contributed by atoms with Crippen LogP contribution >= 0.6 is 7.82 Å². The third-order valence-corrected chi connectivity index (χ3v) is 6.40. The molecule has 1 rings (SSSR count). The first-order valence-corrected chi connectivity index (χ1v) is 14.4. The second kappa shape index (κ2) is 17.2. The molecule has 0 bridgehead atoms. The molecule has 0 aromatic carbocycles.